The smallest absolute Gasteiger partial charge is 0.373 e. The second-order valence-electron chi connectivity index (χ2n) is 4.00. The molecule has 106 valence electrons. The van der Waals surface area contributed by atoms with Gasteiger partial charge in [-0.3, -0.25) is 0 Å². The molecule has 2 N–H and O–H groups in total. The molecule has 0 amide bonds. The van der Waals surface area contributed by atoms with Gasteiger partial charge in [0.15, 0.2) is 0 Å². The highest BCUT2D eigenvalue weighted by molar-refractivity contribution is 5.63. The fourth-order valence-electron chi connectivity index (χ4n) is 1.60. The average molecular weight is 285 g/mol. The fraction of sp³-hybridized carbons (Fsp3) is 0.154. The van der Waals surface area contributed by atoms with Crippen molar-refractivity contribution in [3.05, 3.63) is 47.9 Å². The van der Waals surface area contributed by atoms with E-state index in [2.05, 4.69) is 15.6 Å². The Balaban J connectivity index is 2.32. The minimum absolute atomic E-state index is 0.243. The lowest BCUT2D eigenvalue weighted by Crippen LogP contribution is -2.06. The molecule has 2 aromatic rings. The van der Waals surface area contributed by atoms with Crippen LogP contribution in [0.25, 0.3) is 0 Å². The third-order valence-corrected chi connectivity index (χ3v) is 2.59. The van der Waals surface area contributed by atoms with Crippen molar-refractivity contribution >= 4 is 17.2 Å². The Bertz CT molecular complexity index is 611. The van der Waals surface area contributed by atoms with Crippen LogP contribution in [0.5, 0.6) is 0 Å². The van der Waals surface area contributed by atoms with Crippen molar-refractivity contribution in [3.63, 3.8) is 0 Å². The molecule has 3 nitrogen and oxygen atoms in total. The Morgan fingerprint density at radius 1 is 1.10 bits per heavy atom. The maximum atomic E-state index is 13.6. The van der Waals surface area contributed by atoms with Crippen molar-refractivity contribution in [2.45, 2.75) is 6.18 Å². The fourth-order valence-corrected chi connectivity index (χ4v) is 1.60. The van der Waals surface area contributed by atoms with E-state index >= 15 is 0 Å². The van der Waals surface area contributed by atoms with Gasteiger partial charge in [0.1, 0.15) is 11.6 Å². The van der Waals surface area contributed by atoms with E-state index in [1.165, 1.54) is 12.3 Å². The van der Waals surface area contributed by atoms with Gasteiger partial charge in [-0.2, -0.15) is 13.2 Å². The number of hydrogen-bond acceptors (Lipinski definition) is 3. The monoisotopic (exact) mass is 285 g/mol. The van der Waals surface area contributed by atoms with Crippen molar-refractivity contribution in [2.75, 3.05) is 17.7 Å². The molecule has 1 heterocycles. The van der Waals surface area contributed by atoms with Crippen LogP contribution in [0.1, 0.15) is 5.56 Å². The van der Waals surface area contributed by atoms with Gasteiger partial charge < -0.3 is 10.6 Å². The number of alkyl halides is 3. The highest BCUT2D eigenvalue weighted by atomic mass is 19.4. The number of pyridine rings is 1. The molecule has 0 aliphatic carbocycles. The molecule has 1 aromatic carbocycles. The molecule has 0 bridgehead atoms. The van der Waals surface area contributed by atoms with E-state index in [1.807, 2.05) is 0 Å². The highest BCUT2D eigenvalue weighted by Gasteiger charge is 2.31. The number of aromatic nitrogens is 1. The molecule has 0 unspecified atom stereocenters. The summed E-state index contributed by atoms with van der Waals surface area (Å²) in [4.78, 5) is 3.95. The van der Waals surface area contributed by atoms with Crippen molar-refractivity contribution in [1.29, 1.82) is 0 Å². The van der Waals surface area contributed by atoms with Crippen molar-refractivity contribution in [2.24, 2.45) is 0 Å². The van der Waals surface area contributed by atoms with Crippen LogP contribution in [-0.4, -0.2) is 12.0 Å². The first-order valence-corrected chi connectivity index (χ1v) is 5.68. The van der Waals surface area contributed by atoms with E-state index < -0.39 is 17.6 Å². The zero-order chi connectivity index (χ0) is 14.8. The SMILES string of the molecule is CNc1cc(Nc2cc(C(F)(F)F)ccc2F)ccn1. The molecule has 0 fully saturated rings. The summed E-state index contributed by atoms with van der Waals surface area (Å²) in [5, 5.41) is 5.38. The zero-order valence-corrected chi connectivity index (χ0v) is 10.4. The van der Waals surface area contributed by atoms with Crippen LogP contribution in [0, 0.1) is 5.82 Å². The third kappa shape index (κ3) is 3.17. The predicted octanol–water partition coefficient (Wildman–Crippen LogP) is 4.02. The van der Waals surface area contributed by atoms with E-state index in [4.69, 9.17) is 0 Å². The van der Waals surface area contributed by atoms with Gasteiger partial charge >= 0.3 is 6.18 Å². The van der Waals surface area contributed by atoms with Crippen LogP contribution < -0.4 is 10.6 Å². The summed E-state index contributed by atoms with van der Waals surface area (Å²) in [5.41, 5.74) is -0.722. The third-order valence-electron chi connectivity index (χ3n) is 2.59. The van der Waals surface area contributed by atoms with Gasteiger partial charge in [-0.05, 0) is 24.3 Å². The minimum atomic E-state index is -4.52. The number of nitrogens with one attached hydrogen (secondary N) is 2. The number of nitrogens with zero attached hydrogens (tertiary/aromatic N) is 1. The van der Waals surface area contributed by atoms with Crippen molar-refractivity contribution < 1.29 is 17.6 Å². The Hall–Kier alpha value is -2.31. The van der Waals surface area contributed by atoms with Crippen molar-refractivity contribution in [3.8, 4) is 0 Å². The largest absolute Gasteiger partial charge is 0.416 e. The minimum Gasteiger partial charge on any atom is -0.373 e. The van der Waals surface area contributed by atoms with E-state index in [1.54, 1.807) is 13.1 Å². The lowest BCUT2D eigenvalue weighted by atomic mass is 10.2. The molecular formula is C13H11F4N3. The van der Waals surface area contributed by atoms with Crippen LogP contribution in [0.2, 0.25) is 0 Å². The van der Waals surface area contributed by atoms with Gasteiger partial charge in [-0.25, -0.2) is 9.37 Å². The summed E-state index contributed by atoms with van der Waals surface area (Å²) in [6, 6.07) is 5.30. The molecule has 0 aliphatic heterocycles. The van der Waals surface area contributed by atoms with Gasteiger partial charge in [0.25, 0.3) is 0 Å². The van der Waals surface area contributed by atoms with E-state index in [-0.39, 0.29) is 5.69 Å². The van der Waals surface area contributed by atoms with Crippen LogP contribution in [0.3, 0.4) is 0 Å². The predicted molar refractivity (Wildman–Crippen MR) is 68.5 cm³/mol. The van der Waals surface area contributed by atoms with Crippen molar-refractivity contribution in [1.82, 2.24) is 4.98 Å². The second-order valence-corrected chi connectivity index (χ2v) is 4.00. The molecule has 1 aromatic heterocycles. The van der Waals surface area contributed by atoms with Gasteiger partial charge in [-0.1, -0.05) is 0 Å². The maximum absolute atomic E-state index is 13.6. The Morgan fingerprint density at radius 2 is 1.85 bits per heavy atom. The molecule has 7 heteroatoms. The lowest BCUT2D eigenvalue weighted by Gasteiger charge is -2.12. The number of anilines is 3. The van der Waals surface area contributed by atoms with E-state index in [0.29, 0.717) is 17.6 Å². The van der Waals surface area contributed by atoms with Gasteiger partial charge in [0.05, 0.1) is 11.3 Å². The normalized spacial score (nSPS) is 11.2. The van der Waals surface area contributed by atoms with Crippen LogP contribution in [-0.2, 0) is 6.18 Å². The number of rotatable bonds is 3. The first-order chi connectivity index (χ1) is 9.40. The molecule has 0 saturated carbocycles. The van der Waals surface area contributed by atoms with Crippen LogP contribution in [0.4, 0.5) is 34.8 Å². The van der Waals surface area contributed by atoms with E-state index in [9.17, 15) is 17.6 Å². The molecule has 0 aliphatic rings. The molecule has 20 heavy (non-hydrogen) atoms. The quantitative estimate of drug-likeness (QED) is 0.836. The number of benzene rings is 1. The molecule has 0 radical (unpaired) electrons. The first kappa shape index (κ1) is 14.1. The summed E-state index contributed by atoms with van der Waals surface area (Å²) in [7, 11) is 1.65. The maximum Gasteiger partial charge on any atom is 0.416 e. The molecule has 0 spiro atoms. The number of halogens is 4. The standard InChI is InChI=1S/C13H11F4N3/c1-18-12-7-9(4-5-19-12)20-11-6-8(13(15,16)17)2-3-10(11)14/h2-7H,1H3,(H2,18,19,20). The van der Waals surface area contributed by atoms with Gasteiger partial charge in [0.2, 0.25) is 0 Å². The summed E-state index contributed by atoms with van der Waals surface area (Å²) in [5.74, 6) is -0.247. The molecule has 0 saturated heterocycles. The Kier molecular flexibility index (Phi) is 3.78. The Labute approximate surface area is 112 Å². The van der Waals surface area contributed by atoms with Gasteiger partial charge in [0, 0.05) is 25.0 Å². The Morgan fingerprint density at radius 3 is 2.50 bits per heavy atom. The number of hydrogen-bond donors (Lipinski definition) is 2. The molecular weight excluding hydrogens is 274 g/mol. The topological polar surface area (TPSA) is 37.0 Å². The lowest BCUT2D eigenvalue weighted by molar-refractivity contribution is -0.137. The van der Waals surface area contributed by atoms with Crippen LogP contribution in [0.15, 0.2) is 36.5 Å². The summed E-state index contributed by atoms with van der Waals surface area (Å²) in [6.07, 6.45) is -3.06. The van der Waals surface area contributed by atoms with Crippen LogP contribution >= 0.6 is 0 Å². The highest BCUT2D eigenvalue weighted by Crippen LogP contribution is 2.32. The second kappa shape index (κ2) is 5.36. The average Bonchev–Trinajstić information content (AvgIpc) is 2.40. The molecule has 2 rings (SSSR count). The summed E-state index contributed by atoms with van der Waals surface area (Å²) in [6.45, 7) is 0. The van der Waals surface area contributed by atoms with Gasteiger partial charge in [-0.15, -0.1) is 0 Å². The first-order valence-electron chi connectivity index (χ1n) is 5.68. The zero-order valence-electron chi connectivity index (χ0n) is 10.4. The summed E-state index contributed by atoms with van der Waals surface area (Å²) >= 11 is 0. The summed E-state index contributed by atoms with van der Waals surface area (Å²) < 4.78 is 51.3. The van der Waals surface area contributed by atoms with E-state index in [0.717, 1.165) is 12.1 Å². The molecule has 0 atom stereocenters.